The standard InChI is InChI=1S/C12H20BNO3/c1-12(2,15)8-11(14-3)9-4-6-10(7-5-9)13(16)17/h4-7,11,14-17H,8H2,1-3H3. The van der Waals surface area contributed by atoms with Crippen molar-refractivity contribution in [3.05, 3.63) is 29.8 Å². The lowest BCUT2D eigenvalue weighted by atomic mass is 9.79. The molecule has 0 radical (unpaired) electrons. The van der Waals surface area contributed by atoms with Crippen molar-refractivity contribution in [2.24, 2.45) is 0 Å². The van der Waals surface area contributed by atoms with E-state index in [-0.39, 0.29) is 6.04 Å². The Labute approximate surface area is 102 Å². The van der Waals surface area contributed by atoms with E-state index >= 15 is 0 Å². The van der Waals surface area contributed by atoms with Gasteiger partial charge in [-0.05, 0) is 38.3 Å². The van der Waals surface area contributed by atoms with Crippen molar-refractivity contribution >= 4 is 12.6 Å². The molecule has 0 heterocycles. The molecular weight excluding hydrogens is 217 g/mol. The van der Waals surface area contributed by atoms with Gasteiger partial charge in [-0.15, -0.1) is 0 Å². The third-order valence-electron chi connectivity index (χ3n) is 2.69. The summed E-state index contributed by atoms with van der Waals surface area (Å²) >= 11 is 0. The predicted octanol–water partition coefficient (Wildman–Crippen LogP) is -0.212. The Morgan fingerprint density at radius 1 is 1.24 bits per heavy atom. The lowest BCUT2D eigenvalue weighted by Crippen LogP contribution is -2.31. The second-order valence-corrected chi connectivity index (χ2v) is 4.90. The highest BCUT2D eigenvalue weighted by Crippen LogP contribution is 2.22. The Morgan fingerprint density at radius 3 is 2.12 bits per heavy atom. The van der Waals surface area contributed by atoms with Crippen LogP contribution >= 0.6 is 0 Å². The normalized spacial score (nSPS) is 13.5. The van der Waals surface area contributed by atoms with E-state index in [1.165, 1.54) is 0 Å². The van der Waals surface area contributed by atoms with Crippen molar-refractivity contribution in [2.45, 2.75) is 31.9 Å². The molecule has 0 aliphatic carbocycles. The third-order valence-corrected chi connectivity index (χ3v) is 2.69. The van der Waals surface area contributed by atoms with Crippen molar-refractivity contribution in [1.29, 1.82) is 0 Å². The molecule has 1 rings (SSSR count). The minimum absolute atomic E-state index is 0.0416. The monoisotopic (exact) mass is 237 g/mol. The number of nitrogens with one attached hydrogen (secondary N) is 1. The first-order chi connectivity index (χ1) is 7.83. The number of aliphatic hydroxyl groups is 1. The average molecular weight is 237 g/mol. The Kier molecular flexibility index (Phi) is 4.71. The van der Waals surface area contributed by atoms with E-state index in [1.807, 2.05) is 19.2 Å². The van der Waals surface area contributed by atoms with Gasteiger partial charge in [0.15, 0.2) is 0 Å². The molecule has 0 amide bonds. The van der Waals surface area contributed by atoms with Gasteiger partial charge in [0.25, 0.3) is 0 Å². The van der Waals surface area contributed by atoms with E-state index in [0.29, 0.717) is 11.9 Å². The molecule has 0 fully saturated rings. The maximum Gasteiger partial charge on any atom is 0.488 e. The van der Waals surface area contributed by atoms with Gasteiger partial charge in [-0.25, -0.2) is 0 Å². The van der Waals surface area contributed by atoms with Crippen LogP contribution in [0.5, 0.6) is 0 Å². The Morgan fingerprint density at radius 2 is 1.76 bits per heavy atom. The fourth-order valence-corrected chi connectivity index (χ4v) is 1.79. The number of rotatable bonds is 5. The van der Waals surface area contributed by atoms with Crippen LogP contribution < -0.4 is 10.8 Å². The predicted molar refractivity (Wildman–Crippen MR) is 69.0 cm³/mol. The van der Waals surface area contributed by atoms with Crippen LogP contribution in [0.15, 0.2) is 24.3 Å². The van der Waals surface area contributed by atoms with E-state index in [9.17, 15) is 5.11 Å². The average Bonchev–Trinajstić information content (AvgIpc) is 2.25. The minimum atomic E-state index is -1.44. The molecule has 5 heteroatoms. The Balaban J connectivity index is 2.82. The lowest BCUT2D eigenvalue weighted by molar-refractivity contribution is 0.0599. The zero-order chi connectivity index (χ0) is 13.1. The first-order valence-corrected chi connectivity index (χ1v) is 5.69. The number of hydrogen-bond acceptors (Lipinski definition) is 4. The van der Waals surface area contributed by atoms with Crippen LogP contribution in [-0.4, -0.2) is 34.9 Å². The van der Waals surface area contributed by atoms with Crippen LogP contribution in [0.3, 0.4) is 0 Å². The van der Waals surface area contributed by atoms with Gasteiger partial charge in [-0.2, -0.15) is 0 Å². The van der Waals surface area contributed by atoms with Gasteiger partial charge in [0, 0.05) is 6.04 Å². The van der Waals surface area contributed by atoms with Gasteiger partial charge in [0.2, 0.25) is 0 Å². The molecule has 1 aromatic carbocycles. The molecule has 1 atom stereocenters. The summed E-state index contributed by atoms with van der Waals surface area (Å²) in [5.74, 6) is 0. The Hall–Kier alpha value is -0.875. The second-order valence-electron chi connectivity index (χ2n) is 4.90. The first-order valence-electron chi connectivity index (χ1n) is 5.69. The van der Waals surface area contributed by atoms with Crippen LogP contribution in [0, 0.1) is 0 Å². The van der Waals surface area contributed by atoms with Gasteiger partial charge in [-0.3, -0.25) is 0 Å². The molecule has 0 bridgehead atoms. The van der Waals surface area contributed by atoms with Crippen LogP contribution in [0.4, 0.5) is 0 Å². The summed E-state index contributed by atoms with van der Waals surface area (Å²) in [7, 11) is 0.400. The van der Waals surface area contributed by atoms with E-state index < -0.39 is 12.7 Å². The van der Waals surface area contributed by atoms with Crippen molar-refractivity contribution in [3.8, 4) is 0 Å². The van der Waals surface area contributed by atoms with E-state index in [2.05, 4.69) is 5.32 Å². The third kappa shape index (κ3) is 4.48. The van der Waals surface area contributed by atoms with E-state index in [1.54, 1.807) is 26.0 Å². The summed E-state index contributed by atoms with van der Waals surface area (Å²) in [5.41, 5.74) is 0.730. The molecule has 0 saturated heterocycles. The number of hydrogen-bond donors (Lipinski definition) is 4. The van der Waals surface area contributed by atoms with Crippen LogP contribution in [0.25, 0.3) is 0 Å². The van der Waals surface area contributed by atoms with Gasteiger partial charge >= 0.3 is 7.12 Å². The summed E-state index contributed by atoms with van der Waals surface area (Å²) in [6, 6.07) is 7.06. The van der Waals surface area contributed by atoms with Crippen molar-refractivity contribution < 1.29 is 15.2 Å². The van der Waals surface area contributed by atoms with Crippen molar-refractivity contribution in [1.82, 2.24) is 5.32 Å². The molecule has 0 saturated carbocycles. The molecular formula is C12H20BNO3. The van der Waals surface area contributed by atoms with Crippen molar-refractivity contribution in [2.75, 3.05) is 7.05 Å². The van der Waals surface area contributed by atoms with Gasteiger partial charge in [0.1, 0.15) is 0 Å². The Bertz CT molecular complexity index is 346. The maximum absolute atomic E-state index is 9.80. The van der Waals surface area contributed by atoms with Crippen LogP contribution in [0.2, 0.25) is 0 Å². The molecule has 0 aliphatic rings. The molecule has 0 aliphatic heterocycles. The SMILES string of the molecule is CNC(CC(C)(C)O)c1ccc(B(O)O)cc1. The van der Waals surface area contributed by atoms with E-state index in [4.69, 9.17) is 10.0 Å². The molecule has 17 heavy (non-hydrogen) atoms. The molecule has 4 N–H and O–H groups in total. The molecule has 0 spiro atoms. The summed E-state index contributed by atoms with van der Waals surface area (Å²) in [5, 5.41) is 30.9. The van der Waals surface area contributed by atoms with Crippen molar-refractivity contribution in [3.63, 3.8) is 0 Å². The quantitative estimate of drug-likeness (QED) is 0.534. The minimum Gasteiger partial charge on any atom is -0.423 e. The highest BCUT2D eigenvalue weighted by molar-refractivity contribution is 6.58. The molecule has 0 aromatic heterocycles. The smallest absolute Gasteiger partial charge is 0.423 e. The summed E-state index contributed by atoms with van der Waals surface area (Å²) in [6.45, 7) is 3.53. The summed E-state index contributed by atoms with van der Waals surface area (Å²) in [4.78, 5) is 0. The second kappa shape index (κ2) is 5.64. The highest BCUT2D eigenvalue weighted by Gasteiger charge is 2.21. The molecule has 1 aromatic rings. The maximum atomic E-state index is 9.80. The molecule has 94 valence electrons. The lowest BCUT2D eigenvalue weighted by Gasteiger charge is -2.25. The summed E-state index contributed by atoms with van der Waals surface area (Å²) in [6.07, 6.45) is 0.588. The summed E-state index contributed by atoms with van der Waals surface area (Å²) < 4.78 is 0. The van der Waals surface area contributed by atoms with Gasteiger partial charge in [0.05, 0.1) is 5.60 Å². The molecule has 4 nitrogen and oxygen atoms in total. The van der Waals surface area contributed by atoms with Gasteiger partial charge in [-0.1, -0.05) is 24.3 Å². The largest absolute Gasteiger partial charge is 0.488 e. The fourth-order valence-electron chi connectivity index (χ4n) is 1.79. The molecule has 1 unspecified atom stereocenters. The highest BCUT2D eigenvalue weighted by atomic mass is 16.4. The topological polar surface area (TPSA) is 72.7 Å². The number of benzene rings is 1. The zero-order valence-electron chi connectivity index (χ0n) is 10.5. The van der Waals surface area contributed by atoms with Gasteiger partial charge < -0.3 is 20.5 Å². The van der Waals surface area contributed by atoms with Crippen LogP contribution in [0.1, 0.15) is 31.9 Å². The van der Waals surface area contributed by atoms with Crippen LogP contribution in [-0.2, 0) is 0 Å². The fraction of sp³-hybridized carbons (Fsp3) is 0.500. The van der Waals surface area contributed by atoms with E-state index in [0.717, 1.165) is 5.56 Å². The first kappa shape index (κ1) is 14.2. The zero-order valence-corrected chi connectivity index (χ0v) is 10.5.